The molecule has 2 rings (SSSR count). The van der Waals surface area contributed by atoms with E-state index in [4.69, 9.17) is 5.73 Å². The number of nitrogens with two attached hydrogens (primary N) is 1. The summed E-state index contributed by atoms with van der Waals surface area (Å²) in [4.78, 5) is 13.1. The molecule has 1 aliphatic heterocycles. The fourth-order valence-electron chi connectivity index (χ4n) is 2.26. The number of piperidine rings is 1. The third kappa shape index (κ3) is 1.37. The van der Waals surface area contributed by atoms with Gasteiger partial charge in [0, 0.05) is 19.1 Å². The number of rotatable bonds is 1. The van der Waals surface area contributed by atoms with Crippen LogP contribution in [0.2, 0.25) is 0 Å². The molecule has 0 bridgehead atoms. The molecule has 3 nitrogen and oxygen atoms in total. The van der Waals surface area contributed by atoms with Crippen molar-refractivity contribution in [2.24, 2.45) is 11.1 Å². The topological polar surface area (TPSA) is 46.3 Å². The van der Waals surface area contributed by atoms with Gasteiger partial charge in [0.05, 0.1) is 0 Å². The molecule has 3 heteroatoms. The second kappa shape index (κ2) is 2.84. The first-order valence-corrected chi connectivity index (χ1v) is 4.85. The Kier molecular flexibility index (Phi) is 1.91. The predicted octanol–water partition coefficient (Wildman–Crippen LogP) is 0.512. The molecular formula is C10H16N2O. The van der Waals surface area contributed by atoms with E-state index in [0.717, 1.165) is 32.4 Å². The Morgan fingerprint density at radius 1 is 1.54 bits per heavy atom. The van der Waals surface area contributed by atoms with Gasteiger partial charge >= 0.3 is 0 Å². The van der Waals surface area contributed by atoms with Gasteiger partial charge in [0.1, 0.15) is 0 Å². The first-order valence-electron chi connectivity index (χ1n) is 4.85. The molecule has 1 aliphatic carbocycles. The van der Waals surface area contributed by atoms with Gasteiger partial charge in [0.15, 0.2) is 0 Å². The third-order valence-corrected chi connectivity index (χ3v) is 3.50. The zero-order valence-electron chi connectivity index (χ0n) is 7.83. The summed E-state index contributed by atoms with van der Waals surface area (Å²) in [5.74, 6) is 0.0593. The molecular weight excluding hydrogens is 164 g/mol. The number of carbonyl (C=O) groups is 1. The molecule has 72 valence electrons. The van der Waals surface area contributed by atoms with Crippen molar-refractivity contribution in [1.29, 1.82) is 0 Å². The van der Waals surface area contributed by atoms with Gasteiger partial charge in [0.2, 0.25) is 5.91 Å². The average Bonchev–Trinajstić information content (AvgIpc) is 2.76. The largest absolute Gasteiger partial charge is 0.339 e. The van der Waals surface area contributed by atoms with Crippen LogP contribution in [0.25, 0.3) is 0 Å². The van der Waals surface area contributed by atoms with E-state index in [1.54, 1.807) is 0 Å². The van der Waals surface area contributed by atoms with Crippen molar-refractivity contribution in [1.82, 2.24) is 4.90 Å². The Morgan fingerprint density at radius 3 is 2.46 bits per heavy atom. The minimum Gasteiger partial charge on any atom is -0.339 e. The van der Waals surface area contributed by atoms with Crippen molar-refractivity contribution in [3.05, 3.63) is 12.7 Å². The summed E-state index contributed by atoms with van der Waals surface area (Å²) < 4.78 is 0. The van der Waals surface area contributed by atoms with Gasteiger partial charge in [-0.3, -0.25) is 4.79 Å². The summed E-state index contributed by atoms with van der Waals surface area (Å²) in [6.45, 7) is 5.21. The number of hydrogen-bond acceptors (Lipinski definition) is 2. The number of hydrogen-bond donors (Lipinski definition) is 1. The van der Waals surface area contributed by atoms with E-state index in [0.29, 0.717) is 11.5 Å². The Balaban J connectivity index is 1.90. The summed E-state index contributed by atoms with van der Waals surface area (Å²) >= 11 is 0. The van der Waals surface area contributed by atoms with E-state index >= 15 is 0 Å². The van der Waals surface area contributed by atoms with E-state index in [1.165, 1.54) is 6.08 Å². The SMILES string of the molecule is C=CC(=O)N1CCC2(CC1)CC2N. The lowest BCUT2D eigenvalue weighted by atomic mass is 9.93. The van der Waals surface area contributed by atoms with Gasteiger partial charge in [-0.2, -0.15) is 0 Å². The molecule has 1 unspecified atom stereocenters. The summed E-state index contributed by atoms with van der Waals surface area (Å²) in [6, 6.07) is 0.397. The highest BCUT2D eigenvalue weighted by atomic mass is 16.2. The number of likely N-dealkylation sites (tertiary alicyclic amines) is 1. The summed E-state index contributed by atoms with van der Waals surface area (Å²) in [5.41, 5.74) is 6.26. The predicted molar refractivity (Wildman–Crippen MR) is 51.0 cm³/mol. The van der Waals surface area contributed by atoms with Gasteiger partial charge in [0.25, 0.3) is 0 Å². The fourth-order valence-corrected chi connectivity index (χ4v) is 2.26. The molecule has 1 saturated carbocycles. The van der Waals surface area contributed by atoms with E-state index < -0.39 is 0 Å². The van der Waals surface area contributed by atoms with Crippen molar-refractivity contribution in [2.45, 2.75) is 25.3 Å². The molecule has 0 aromatic rings. The van der Waals surface area contributed by atoms with Crippen molar-refractivity contribution in [3.8, 4) is 0 Å². The highest BCUT2D eigenvalue weighted by molar-refractivity contribution is 5.87. The van der Waals surface area contributed by atoms with Crippen LogP contribution in [0, 0.1) is 5.41 Å². The zero-order valence-corrected chi connectivity index (χ0v) is 7.83. The molecule has 2 aliphatic rings. The lowest BCUT2D eigenvalue weighted by molar-refractivity contribution is -0.127. The molecule has 0 aromatic heterocycles. The molecule has 1 saturated heterocycles. The van der Waals surface area contributed by atoms with Gasteiger partial charge in [-0.25, -0.2) is 0 Å². The van der Waals surface area contributed by atoms with Crippen molar-refractivity contribution >= 4 is 5.91 Å². The lowest BCUT2D eigenvalue weighted by Crippen LogP contribution is -2.39. The second-order valence-electron chi connectivity index (χ2n) is 4.20. The lowest BCUT2D eigenvalue weighted by Gasteiger charge is -2.31. The first kappa shape index (κ1) is 8.75. The molecule has 1 atom stereocenters. The highest BCUT2D eigenvalue weighted by Gasteiger charge is 2.52. The second-order valence-corrected chi connectivity index (χ2v) is 4.20. The minimum atomic E-state index is 0.0593. The van der Waals surface area contributed by atoms with Crippen molar-refractivity contribution < 1.29 is 4.79 Å². The smallest absolute Gasteiger partial charge is 0.245 e. The minimum absolute atomic E-state index is 0.0593. The monoisotopic (exact) mass is 180 g/mol. The zero-order chi connectivity index (χ0) is 9.47. The van der Waals surface area contributed by atoms with Crippen molar-refractivity contribution in [2.75, 3.05) is 13.1 Å². The van der Waals surface area contributed by atoms with E-state index in [2.05, 4.69) is 6.58 Å². The van der Waals surface area contributed by atoms with Crippen LogP contribution in [0.1, 0.15) is 19.3 Å². The highest BCUT2D eigenvalue weighted by Crippen LogP contribution is 2.52. The maximum absolute atomic E-state index is 11.3. The van der Waals surface area contributed by atoms with Gasteiger partial charge in [-0.15, -0.1) is 0 Å². The van der Waals surface area contributed by atoms with Crippen LogP contribution in [-0.4, -0.2) is 29.9 Å². The molecule has 13 heavy (non-hydrogen) atoms. The summed E-state index contributed by atoms with van der Waals surface area (Å²) in [5, 5.41) is 0. The standard InChI is InChI=1S/C10H16N2O/c1-2-9(13)12-5-3-10(4-6-12)7-8(10)11/h2,8H,1,3-7,11H2. The normalized spacial score (nSPS) is 30.2. The van der Waals surface area contributed by atoms with Crippen LogP contribution < -0.4 is 5.73 Å². The van der Waals surface area contributed by atoms with Crippen LogP contribution in [0.15, 0.2) is 12.7 Å². The molecule has 2 fully saturated rings. The van der Waals surface area contributed by atoms with Crippen LogP contribution in [0.5, 0.6) is 0 Å². The van der Waals surface area contributed by atoms with Gasteiger partial charge in [-0.1, -0.05) is 6.58 Å². The van der Waals surface area contributed by atoms with Crippen LogP contribution in [0.4, 0.5) is 0 Å². The van der Waals surface area contributed by atoms with E-state index in [1.807, 2.05) is 4.90 Å². The Labute approximate surface area is 78.6 Å². The Hall–Kier alpha value is -0.830. The number of nitrogens with zero attached hydrogens (tertiary/aromatic N) is 1. The molecule has 1 heterocycles. The Morgan fingerprint density at radius 2 is 2.08 bits per heavy atom. The molecule has 0 radical (unpaired) electrons. The molecule has 2 N–H and O–H groups in total. The van der Waals surface area contributed by atoms with Gasteiger partial charge in [-0.05, 0) is 30.8 Å². The molecule has 1 spiro atoms. The summed E-state index contributed by atoms with van der Waals surface area (Å²) in [6.07, 6.45) is 4.70. The first-order chi connectivity index (χ1) is 6.18. The quantitative estimate of drug-likeness (QED) is 0.598. The average molecular weight is 180 g/mol. The van der Waals surface area contributed by atoms with E-state index in [-0.39, 0.29) is 5.91 Å². The van der Waals surface area contributed by atoms with Crippen LogP contribution >= 0.6 is 0 Å². The third-order valence-electron chi connectivity index (χ3n) is 3.50. The van der Waals surface area contributed by atoms with Crippen LogP contribution in [-0.2, 0) is 4.79 Å². The maximum Gasteiger partial charge on any atom is 0.245 e. The van der Waals surface area contributed by atoms with E-state index in [9.17, 15) is 4.79 Å². The summed E-state index contributed by atoms with van der Waals surface area (Å²) in [7, 11) is 0. The Bertz CT molecular complexity index is 241. The fraction of sp³-hybridized carbons (Fsp3) is 0.700. The number of amides is 1. The van der Waals surface area contributed by atoms with Crippen LogP contribution in [0.3, 0.4) is 0 Å². The van der Waals surface area contributed by atoms with Crippen molar-refractivity contribution in [3.63, 3.8) is 0 Å². The number of carbonyl (C=O) groups excluding carboxylic acids is 1. The molecule has 0 aromatic carbocycles. The van der Waals surface area contributed by atoms with Gasteiger partial charge < -0.3 is 10.6 Å². The molecule has 1 amide bonds. The maximum atomic E-state index is 11.3.